The lowest BCUT2D eigenvalue weighted by Crippen LogP contribution is -2.26. The van der Waals surface area contributed by atoms with Crippen molar-refractivity contribution in [3.63, 3.8) is 0 Å². The van der Waals surface area contributed by atoms with Crippen molar-refractivity contribution in [1.29, 1.82) is 0 Å². The molecule has 1 aliphatic rings. The van der Waals surface area contributed by atoms with Gasteiger partial charge in [0.25, 0.3) is 0 Å². The number of ether oxygens (including phenoxy) is 2. The Hall–Kier alpha value is -1.32. The van der Waals surface area contributed by atoms with Crippen LogP contribution in [-0.2, 0) is 21.4 Å². The highest BCUT2D eigenvalue weighted by molar-refractivity contribution is 5.82. The highest BCUT2D eigenvalue weighted by Crippen LogP contribution is 2.32. The number of benzene rings is 1. The third-order valence-electron chi connectivity index (χ3n) is 4.28. The van der Waals surface area contributed by atoms with E-state index in [4.69, 9.17) is 9.47 Å². The molecule has 0 saturated carbocycles. The van der Waals surface area contributed by atoms with Crippen LogP contribution in [0.5, 0.6) is 0 Å². The summed E-state index contributed by atoms with van der Waals surface area (Å²) in [6.07, 6.45) is 0.105. The lowest BCUT2D eigenvalue weighted by Gasteiger charge is -2.24. The zero-order chi connectivity index (χ0) is 16.1. The summed E-state index contributed by atoms with van der Waals surface area (Å²) >= 11 is 0. The van der Waals surface area contributed by atoms with Crippen LogP contribution in [-0.4, -0.2) is 23.1 Å². The molecule has 0 spiro atoms. The van der Waals surface area contributed by atoms with Gasteiger partial charge in [0.15, 0.2) is 5.79 Å². The van der Waals surface area contributed by atoms with Crippen molar-refractivity contribution in [2.24, 2.45) is 0 Å². The first-order valence-corrected chi connectivity index (χ1v) is 8.08. The molecule has 120 valence electrons. The van der Waals surface area contributed by atoms with E-state index in [-0.39, 0.29) is 11.5 Å². The molecule has 0 radical (unpaired) electrons. The van der Waals surface area contributed by atoms with E-state index in [1.807, 2.05) is 13.8 Å². The lowest BCUT2D eigenvalue weighted by molar-refractivity contribution is -0.139. The summed E-state index contributed by atoms with van der Waals surface area (Å²) in [5.41, 5.74) is 4.03. The molecule has 1 atom stereocenters. The maximum atomic E-state index is 6.02. The van der Waals surface area contributed by atoms with Crippen LogP contribution in [0.4, 0.5) is 0 Å². The van der Waals surface area contributed by atoms with E-state index in [2.05, 4.69) is 56.5 Å². The second kappa shape index (κ2) is 5.10. The highest BCUT2D eigenvalue weighted by Gasteiger charge is 2.34. The van der Waals surface area contributed by atoms with Crippen LogP contribution >= 0.6 is 0 Å². The fraction of sp³-hybridized carbons (Fsp3) is 0.579. The van der Waals surface area contributed by atoms with Gasteiger partial charge in [-0.05, 0) is 39.0 Å². The molecule has 0 N–H and O–H groups in total. The molecule has 1 fully saturated rings. The highest BCUT2D eigenvalue weighted by atomic mass is 16.7. The Bertz CT molecular complexity index is 691. The van der Waals surface area contributed by atoms with E-state index >= 15 is 0 Å². The Kier molecular flexibility index (Phi) is 3.61. The zero-order valence-corrected chi connectivity index (χ0v) is 14.6. The van der Waals surface area contributed by atoms with E-state index in [0.717, 1.165) is 6.54 Å². The third kappa shape index (κ3) is 2.92. The minimum atomic E-state index is -0.466. The van der Waals surface area contributed by atoms with Gasteiger partial charge in [0.2, 0.25) is 0 Å². The number of hydrogen-bond acceptors (Lipinski definition) is 2. The van der Waals surface area contributed by atoms with Crippen molar-refractivity contribution in [3.05, 3.63) is 35.5 Å². The Morgan fingerprint density at radius 2 is 1.95 bits per heavy atom. The molecule has 1 aromatic carbocycles. The van der Waals surface area contributed by atoms with E-state index < -0.39 is 5.79 Å². The molecule has 0 amide bonds. The zero-order valence-electron chi connectivity index (χ0n) is 14.6. The van der Waals surface area contributed by atoms with Crippen LogP contribution in [0.1, 0.15) is 45.9 Å². The second-order valence-electron chi connectivity index (χ2n) is 7.90. The molecule has 1 saturated heterocycles. The standard InChI is InChI=1S/C19H27NO2/c1-13-7-8-16-14(9-13)10-17(18(2,3)4)20(16)11-15-12-21-19(5,6)22-15/h7-10,15H,11-12H2,1-6H3/t15-/m1/s1. The molecule has 2 heterocycles. The second-order valence-corrected chi connectivity index (χ2v) is 7.90. The number of aromatic nitrogens is 1. The monoisotopic (exact) mass is 301 g/mol. The summed E-state index contributed by atoms with van der Waals surface area (Å²) in [6.45, 7) is 14.4. The Morgan fingerprint density at radius 3 is 2.55 bits per heavy atom. The Balaban J connectivity index is 2.03. The summed E-state index contributed by atoms with van der Waals surface area (Å²) in [4.78, 5) is 0. The summed E-state index contributed by atoms with van der Waals surface area (Å²) < 4.78 is 14.1. The van der Waals surface area contributed by atoms with Crippen LogP contribution in [0.2, 0.25) is 0 Å². The molecule has 3 heteroatoms. The average Bonchev–Trinajstić information content (AvgIpc) is 2.90. The first-order chi connectivity index (χ1) is 10.2. The maximum Gasteiger partial charge on any atom is 0.163 e. The van der Waals surface area contributed by atoms with Crippen LogP contribution in [0.15, 0.2) is 24.3 Å². The predicted molar refractivity (Wildman–Crippen MR) is 90.3 cm³/mol. The fourth-order valence-electron chi connectivity index (χ4n) is 3.27. The van der Waals surface area contributed by atoms with E-state index in [1.54, 1.807) is 0 Å². The number of nitrogens with zero attached hydrogens (tertiary/aromatic N) is 1. The maximum absolute atomic E-state index is 6.02. The molecule has 22 heavy (non-hydrogen) atoms. The molecule has 1 aromatic heterocycles. The van der Waals surface area contributed by atoms with Gasteiger partial charge in [-0.15, -0.1) is 0 Å². The molecule has 0 aliphatic carbocycles. The quantitative estimate of drug-likeness (QED) is 0.821. The van der Waals surface area contributed by atoms with Crippen molar-refractivity contribution in [2.75, 3.05) is 6.61 Å². The molecular formula is C19H27NO2. The summed E-state index contributed by atoms with van der Waals surface area (Å²) in [7, 11) is 0. The first kappa shape index (κ1) is 15.6. The van der Waals surface area contributed by atoms with Crippen molar-refractivity contribution >= 4 is 10.9 Å². The van der Waals surface area contributed by atoms with Gasteiger partial charge in [-0.25, -0.2) is 0 Å². The van der Waals surface area contributed by atoms with Gasteiger partial charge in [-0.3, -0.25) is 0 Å². The normalized spacial score (nSPS) is 21.6. The molecule has 2 aromatic rings. The van der Waals surface area contributed by atoms with Gasteiger partial charge in [0.05, 0.1) is 13.2 Å². The smallest absolute Gasteiger partial charge is 0.163 e. The van der Waals surface area contributed by atoms with Crippen LogP contribution in [0.3, 0.4) is 0 Å². The molecule has 3 nitrogen and oxygen atoms in total. The summed E-state index contributed by atoms with van der Waals surface area (Å²) in [6, 6.07) is 8.99. The molecule has 3 rings (SSSR count). The summed E-state index contributed by atoms with van der Waals surface area (Å²) in [5, 5.41) is 1.31. The van der Waals surface area contributed by atoms with E-state index in [9.17, 15) is 0 Å². The number of hydrogen-bond donors (Lipinski definition) is 0. The predicted octanol–water partition coefficient (Wildman–Crippen LogP) is 4.40. The van der Waals surface area contributed by atoms with E-state index in [1.165, 1.54) is 22.2 Å². The number of fused-ring (bicyclic) bond motifs is 1. The Labute approximate surface area is 133 Å². The van der Waals surface area contributed by atoms with Crippen molar-refractivity contribution in [3.8, 4) is 0 Å². The van der Waals surface area contributed by atoms with Crippen molar-refractivity contribution < 1.29 is 9.47 Å². The van der Waals surface area contributed by atoms with Crippen LogP contribution in [0.25, 0.3) is 10.9 Å². The van der Waals surface area contributed by atoms with Gasteiger partial charge < -0.3 is 14.0 Å². The van der Waals surface area contributed by atoms with Gasteiger partial charge in [-0.1, -0.05) is 32.4 Å². The molecule has 0 bridgehead atoms. The van der Waals surface area contributed by atoms with Gasteiger partial charge in [0, 0.05) is 22.0 Å². The third-order valence-corrected chi connectivity index (χ3v) is 4.28. The van der Waals surface area contributed by atoms with E-state index in [0.29, 0.717) is 6.61 Å². The number of rotatable bonds is 2. The van der Waals surface area contributed by atoms with Crippen LogP contribution < -0.4 is 0 Å². The molecule has 1 aliphatic heterocycles. The first-order valence-electron chi connectivity index (χ1n) is 8.08. The van der Waals surface area contributed by atoms with Crippen molar-refractivity contribution in [2.45, 2.75) is 65.4 Å². The average molecular weight is 301 g/mol. The van der Waals surface area contributed by atoms with Gasteiger partial charge in [-0.2, -0.15) is 0 Å². The lowest BCUT2D eigenvalue weighted by atomic mass is 9.92. The minimum absolute atomic E-state index is 0.0991. The molecule has 0 unspecified atom stereocenters. The van der Waals surface area contributed by atoms with Crippen LogP contribution in [0, 0.1) is 6.92 Å². The largest absolute Gasteiger partial charge is 0.348 e. The summed E-state index contributed by atoms with van der Waals surface area (Å²) in [5.74, 6) is -0.466. The number of aryl methyl sites for hydroxylation is 1. The fourth-order valence-corrected chi connectivity index (χ4v) is 3.27. The molecular weight excluding hydrogens is 274 g/mol. The van der Waals surface area contributed by atoms with Gasteiger partial charge >= 0.3 is 0 Å². The van der Waals surface area contributed by atoms with Gasteiger partial charge in [0.1, 0.15) is 6.10 Å². The topological polar surface area (TPSA) is 23.4 Å². The Morgan fingerprint density at radius 1 is 1.23 bits per heavy atom. The SMILES string of the molecule is Cc1ccc2c(c1)cc(C(C)(C)C)n2C[C@@H]1COC(C)(C)O1. The van der Waals surface area contributed by atoms with Crippen molar-refractivity contribution in [1.82, 2.24) is 4.57 Å². The minimum Gasteiger partial charge on any atom is -0.348 e.